The molecule has 1 aromatic heterocycles. The Morgan fingerprint density at radius 2 is 2.32 bits per heavy atom. The third-order valence-corrected chi connectivity index (χ3v) is 4.46. The SMILES string of the molecule is CCn1cnnc1[C@@H]1CCCN(C(=O)Nc2cc(F)ccc2OC)C1. The number of hydrogen-bond acceptors (Lipinski definition) is 4. The largest absolute Gasteiger partial charge is 0.495 e. The lowest BCUT2D eigenvalue weighted by Crippen LogP contribution is -2.42. The van der Waals surface area contributed by atoms with Crippen LogP contribution in [0.3, 0.4) is 0 Å². The summed E-state index contributed by atoms with van der Waals surface area (Å²) < 4.78 is 20.6. The molecule has 2 heterocycles. The van der Waals surface area contributed by atoms with E-state index in [4.69, 9.17) is 4.74 Å². The van der Waals surface area contributed by atoms with E-state index in [9.17, 15) is 9.18 Å². The predicted molar refractivity (Wildman–Crippen MR) is 91.2 cm³/mol. The fraction of sp³-hybridized carbons (Fsp3) is 0.471. The van der Waals surface area contributed by atoms with Gasteiger partial charge in [-0.3, -0.25) is 0 Å². The zero-order valence-corrected chi connectivity index (χ0v) is 14.4. The number of likely N-dealkylation sites (tertiary alicyclic amines) is 1. The number of nitrogens with zero attached hydrogens (tertiary/aromatic N) is 4. The molecule has 2 aromatic rings. The van der Waals surface area contributed by atoms with Crippen molar-refractivity contribution in [3.63, 3.8) is 0 Å². The van der Waals surface area contributed by atoms with Crippen LogP contribution >= 0.6 is 0 Å². The number of urea groups is 1. The highest BCUT2D eigenvalue weighted by molar-refractivity contribution is 5.91. The Hall–Kier alpha value is -2.64. The van der Waals surface area contributed by atoms with Crippen LogP contribution in [0, 0.1) is 5.82 Å². The van der Waals surface area contributed by atoms with Gasteiger partial charge in [0.15, 0.2) is 0 Å². The summed E-state index contributed by atoms with van der Waals surface area (Å²) in [6.45, 7) is 4.05. The first-order valence-corrected chi connectivity index (χ1v) is 8.39. The second-order valence-electron chi connectivity index (χ2n) is 6.04. The number of ether oxygens (including phenoxy) is 1. The van der Waals surface area contributed by atoms with Crippen LogP contribution in [0.5, 0.6) is 5.75 Å². The molecule has 0 unspecified atom stereocenters. The minimum absolute atomic E-state index is 0.149. The first-order valence-electron chi connectivity index (χ1n) is 8.39. The van der Waals surface area contributed by atoms with Gasteiger partial charge in [-0.05, 0) is 31.9 Å². The number of hydrogen-bond donors (Lipinski definition) is 1. The molecule has 1 saturated heterocycles. The zero-order valence-electron chi connectivity index (χ0n) is 14.4. The number of nitrogens with one attached hydrogen (secondary N) is 1. The Balaban J connectivity index is 1.71. The fourth-order valence-electron chi connectivity index (χ4n) is 3.17. The van der Waals surface area contributed by atoms with Crippen molar-refractivity contribution < 1.29 is 13.9 Å². The molecule has 1 atom stereocenters. The highest BCUT2D eigenvalue weighted by Crippen LogP contribution is 2.28. The minimum atomic E-state index is -0.427. The molecule has 8 heteroatoms. The van der Waals surface area contributed by atoms with E-state index < -0.39 is 5.82 Å². The van der Waals surface area contributed by atoms with E-state index in [1.807, 2.05) is 11.5 Å². The molecule has 1 aliphatic rings. The number of rotatable bonds is 4. The molecule has 0 saturated carbocycles. The molecular formula is C17H22FN5O2. The van der Waals surface area contributed by atoms with E-state index in [0.29, 0.717) is 24.5 Å². The van der Waals surface area contributed by atoms with Crippen LogP contribution in [-0.4, -0.2) is 45.9 Å². The van der Waals surface area contributed by atoms with Gasteiger partial charge in [0.2, 0.25) is 0 Å². The molecule has 25 heavy (non-hydrogen) atoms. The molecule has 0 radical (unpaired) electrons. The van der Waals surface area contributed by atoms with E-state index in [0.717, 1.165) is 25.2 Å². The van der Waals surface area contributed by atoms with E-state index in [-0.39, 0.29) is 11.9 Å². The number of amides is 2. The van der Waals surface area contributed by atoms with Gasteiger partial charge in [0.05, 0.1) is 12.8 Å². The van der Waals surface area contributed by atoms with Crippen molar-refractivity contribution in [3.05, 3.63) is 36.2 Å². The molecule has 2 amide bonds. The van der Waals surface area contributed by atoms with E-state index in [2.05, 4.69) is 15.5 Å². The van der Waals surface area contributed by atoms with Crippen molar-refractivity contribution in [2.75, 3.05) is 25.5 Å². The number of carbonyl (C=O) groups excluding carboxylic acids is 1. The Bertz CT molecular complexity index is 748. The van der Waals surface area contributed by atoms with Crippen molar-refractivity contribution in [2.45, 2.75) is 32.2 Å². The minimum Gasteiger partial charge on any atom is -0.495 e. The average Bonchev–Trinajstić information content (AvgIpc) is 3.11. The van der Waals surface area contributed by atoms with Crippen molar-refractivity contribution >= 4 is 11.7 Å². The molecule has 0 spiro atoms. The van der Waals surface area contributed by atoms with Gasteiger partial charge >= 0.3 is 6.03 Å². The summed E-state index contributed by atoms with van der Waals surface area (Å²) in [4.78, 5) is 14.3. The van der Waals surface area contributed by atoms with Gasteiger partial charge in [-0.1, -0.05) is 0 Å². The normalized spacial score (nSPS) is 17.4. The Morgan fingerprint density at radius 3 is 3.08 bits per heavy atom. The molecule has 0 aliphatic carbocycles. The summed E-state index contributed by atoms with van der Waals surface area (Å²) in [5, 5.41) is 10.9. The first-order chi connectivity index (χ1) is 12.1. The highest BCUT2D eigenvalue weighted by atomic mass is 19.1. The van der Waals surface area contributed by atoms with Crippen LogP contribution < -0.4 is 10.1 Å². The van der Waals surface area contributed by atoms with E-state index in [1.165, 1.54) is 25.3 Å². The van der Waals surface area contributed by atoms with Crippen molar-refractivity contribution in [1.82, 2.24) is 19.7 Å². The average molecular weight is 347 g/mol. The third kappa shape index (κ3) is 3.72. The molecule has 134 valence electrons. The molecule has 7 nitrogen and oxygen atoms in total. The maximum atomic E-state index is 13.5. The summed E-state index contributed by atoms with van der Waals surface area (Å²) >= 11 is 0. The zero-order chi connectivity index (χ0) is 17.8. The smallest absolute Gasteiger partial charge is 0.321 e. The number of methoxy groups -OCH3 is 1. The predicted octanol–water partition coefficient (Wildman–Crippen LogP) is 2.86. The molecule has 3 rings (SSSR count). The number of anilines is 1. The molecule has 1 aromatic carbocycles. The lowest BCUT2D eigenvalue weighted by molar-refractivity contribution is 0.190. The number of halogens is 1. The van der Waals surface area contributed by atoms with Crippen LogP contribution in [0.25, 0.3) is 0 Å². The third-order valence-electron chi connectivity index (χ3n) is 4.46. The Labute approximate surface area is 145 Å². The Kier molecular flexibility index (Phi) is 5.16. The van der Waals surface area contributed by atoms with Crippen molar-refractivity contribution in [1.29, 1.82) is 0 Å². The van der Waals surface area contributed by atoms with Crippen molar-refractivity contribution in [3.8, 4) is 5.75 Å². The van der Waals surface area contributed by atoms with Gasteiger partial charge < -0.3 is 19.5 Å². The fourth-order valence-corrected chi connectivity index (χ4v) is 3.17. The number of aryl methyl sites for hydroxylation is 1. The van der Waals surface area contributed by atoms with Gasteiger partial charge in [-0.2, -0.15) is 0 Å². The summed E-state index contributed by atoms with van der Waals surface area (Å²) in [5.41, 5.74) is 0.325. The molecule has 1 fully saturated rings. The maximum Gasteiger partial charge on any atom is 0.321 e. The lowest BCUT2D eigenvalue weighted by atomic mass is 9.97. The summed E-state index contributed by atoms with van der Waals surface area (Å²) in [5.74, 6) is 1.05. The van der Waals surface area contributed by atoms with Gasteiger partial charge in [-0.15, -0.1) is 10.2 Å². The summed E-state index contributed by atoms with van der Waals surface area (Å²) in [7, 11) is 1.48. The molecular weight excluding hydrogens is 325 g/mol. The molecule has 0 bridgehead atoms. The number of aromatic nitrogens is 3. The van der Waals surface area contributed by atoms with E-state index in [1.54, 1.807) is 11.2 Å². The van der Waals surface area contributed by atoms with Gasteiger partial charge in [0.25, 0.3) is 0 Å². The number of carbonyl (C=O) groups is 1. The van der Waals surface area contributed by atoms with Gasteiger partial charge in [0, 0.05) is 31.6 Å². The highest BCUT2D eigenvalue weighted by Gasteiger charge is 2.28. The quantitative estimate of drug-likeness (QED) is 0.923. The van der Waals surface area contributed by atoms with Crippen LogP contribution in [0.15, 0.2) is 24.5 Å². The monoisotopic (exact) mass is 347 g/mol. The van der Waals surface area contributed by atoms with E-state index >= 15 is 0 Å². The van der Waals surface area contributed by atoms with Gasteiger partial charge in [0.1, 0.15) is 23.7 Å². The number of benzene rings is 1. The second-order valence-corrected chi connectivity index (χ2v) is 6.04. The topological polar surface area (TPSA) is 72.3 Å². The molecule has 1 N–H and O–H groups in total. The van der Waals surface area contributed by atoms with Crippen molar-refractivity contribution in [2.24, 2.45) is 0 Å². The summed E-state index contributed by atoms with van der Waals surface area (Å²) in [6.07, 6.45) is 3.56. The standard InChI is InChI=1S/C17H22FN5O2/c1-3-22-11-19-21-16(22)12-5-4-8-23(10-12)17(24)20-14-9-13(18)6-7-15(14)25-2/h6-7,9,11-12H,3-5,8,10H2,1-2H3,(H,20,24)/t12-/m1/s1. The van der Waals surface area contributed by atoms with Crippen LogP contribution in [0.2, 0.25) is 0 Å². The first kappa shape index (κ1) is 17.2. The van der Waals surface area contributed by atoms with Crippen LogP contribution in [-0.2, 0) is 6.54 Å². The van der Waals surface area contributed by atoms with Crippen LogP contribution in [0.4, 0.5) is 14.9 Å². The maximum absolute atomic E-state index is 13.5. The van der Waals surface area contributed by atoms with Gasteiger partial charge in [-0.25, -0.2) is 9.18 Å². The van der Waals surface area contributed by atoms with Crippen LogP contribution in [0.1, 0.15) is 31.5 Å². The molecule has 1 aliphatic heterocycles. The lowest BCUT2D eigenvalue weighted by Gasteiger charge is -2.32. The Morgan fingerprint density at radius 1 is 1.48 bits per heavy atom. The summed E-state index contributed by atoms with van der Waals surface area (Å²) in [6, 6.07) is 3.78. The second kappa shape index (κ2) is 7.50. The number of piperidine rings is 1.